The molecule has 4 nitrogen and oxygen atoms in total. The molecule has 0 saturated carbocycles. The molecule has 1 unspecified atom stereocenters. The summed E-state index contributed by atoms with van der Waals surface area (Å²) in [5.41, 5.74) is 1.25. The van der Waals surface area contributed by atoms with Gasteiger partial charge in [0.25, 0.3) is 5.91 Å². The largest absolute Gasteiger partial charge is 0.369 e. The van der Waals surface area contributed by atoms with Crippen molar-refractivity contribution in [2.24, 2.45) is 0 Å². The number of anilines is 1. The van der Waals surface area contributed by atoms with Gasteiger partial charge < -0.3 is 10.2 Å². The van der Waals surface area contributed by atoms with Crippen molar-refractivity contribution in [2.45, 2.75) is 6.17 Å². The number of carbonyl (C=O) groups is 1. The summed E-state index contributed by atoms with van der Waals surface area (Å²) in [6.45, 7) is 7.59. The fraction of sp³-hybridized carbons (Fsp3) is 0.227. The van der Waals surface area contributed by atoms with Crippen LogP contribution in [0.25, 0.3) is 10.1 Å². The first-order valence-corrected chi connectivity index (χ1v) is 10.0. The minimum absolute atomic E-state index is 0.0356. The lowest BCUT2D eigenvalue weighted by atomic mass is 10.2. The van der Waals surface area contributed by atoms with E-state index in [-0.39, 0.29) is 12.1 Å². The van der Waals surface area contributed by atoms with E-state index in [1.807, 2.05) is 42.5 Å². The lowest BCUT2D eigenvalue weighted by Gasteiger charge is -2.39. The maximum atomic E-state index is 12.7. The maximum Gasteiger partial charge on any atom is 0.262 e. The Labute approximate surface area is 163 Å². The summed E-state index contributed by atoms with van der Waals surface area (Å²) in [4.78, 5) is 18.1. The molecule has 0 radical (unpaired) electrons. The first-order valence-electron chi connectivity index (χ1n) is 9.20. The third-order valence-electron chi connectivity index (χ3n) is 4.98. The van der Waals surface area contributed by atoms with E-state index >= 15 is 0 Å². The molecule has 1 aromatic heterocycles. The standard InChI is InChI=1S/C22H23N3OS/c1-2-21(23-22(26)20-16-17-8-6-7-11-19(17)27-20)25-14-12-24(13-15-25)18-9-4-3-5-10-18/h2-11,16,21H,1,12-15H2,(H,23,26). The van der Waals surface area contributed by atoms with Crippen LogP contribution in [0.3, 0.4) is 0 Å². The number of thiophene rings is 1. The zero-order valence-electron chi connectivity index (χ0n) is 15.2. The Morgan fingerprint density at radius 2 is 1.74 bits per heavy atom. The molecule has 1 atom stereocenters. The van der Waals surface area contributed by atoms with E-state index in [0.717, 1.165) is 41.1 Å². The van der Waals surface area contributed by atoms with Gasteiger partial charge in [0.15, 0.2) is 0 Å². The Bertz CT molecular complexity index is 896. The Morgan fingerprint density at radius 1 is 1.04 bits per heavy atom. The summed E-state index contributed by atoms with van der Waals surface area (Å²) in [6, 6.07) is 20.5. The van der Waals surface area contributed by atoms with Gasteiger partial charge in [-0.3, -0.25) is 9.69 Å². The van der Waals surface area contributed by atoms with Crippen molar-refractivity contribution in [1.82, 2.24) is 10.2 Å². The van der Waals surface area contributed by atoms with Gasteiger partial charge in [0.05, 0.1) is 4.88 Å². The summed E-state index contributed by atoms with van der Waals surface area (Å²) in [6.07, 6.45) is 1.67. The molecule has 2 aromatic carbocycles. The number of carbonyl (C=O) groups excluding carboxylic acids is 1. The second kappa shape index (κ2) is 7.94. The van der Waals surface area contributed by atoms with Crippen LogP contribution in [0.2, 0.25) is 0 Å². The number of hydrogen-bond donors (Lipinski definition) is 1. The van der Waals surface area contributed by atoms with Gasteiger partial charge in [-0.1, -0.05) is 49.1 Å². The van der Waals surface area contributed by atoms with Crippen LogP contribution in [0.15, 0.2) is 73.3 Å². The van der Waals surface area contributed by atoms with Crippen LogP contribution < -0.4 is 10.2 Å². The molecule has 1 saturated heterocycles. The Balaban J connectivity index is 1.39. The number of nitrogens with zero attached hydrogens (tertiary/aromatic N) is 2. The zero-order chi connectivity index (χ0) is 18.6. The van der Waals surface area contributed by atoms with Crippen LogP contribution in [0.5, 0.6) is 0 Å². The van der Waals surface area contributed by atoms with Gasteiger partial charge in [0, 0.05) is 36.6 Å². The molecule has 1 aliphatic heterocycles. The summed E-state index contributed by atoms with van der Waals surface area (Å²) in [5.74, 6) is -0.0356. The maximum absolute atomic E-state index is 12.7. The van der Waals surface area contributed by atoms with Gasteiger partial charge in [-0.2, -0.15) is 0 Å². The quantitative estimate of drug-likeness (QED) is 0.684. The lowest BCUT2D eigenvalue weighted by Crippen LogP contribution is -2.55. The second-order valence-electron chi connectivity index (χ2n) is 6.66. The van der Waals surface area contributed by atoms with Crippen molar-refractivity contribution in [3.63, 3.8) is 0 Å². The second-order valence-corrected chi connectivity index (χ2v) is 7.74. The van der Waals surface area contributed by atoms with Crippen LogP contribution in [0.4, 0.5) is 5.69 Å². The van der Waals surface area contributed by atoms with E-state index < -0.39 is 0 Å². The van der Waals surface area contributed by atoms with Crippen molar-refractivity contribution >= 4 is 33.0 Å². The van der Waals surface area contributed by atoms with Crippen molar-refractivity contribution < 1.29 is 4.79 Å². The molecule has 1 fully saturated rings. The molecule has 0 aliphatic carbocycles. The number of hydrogen-bond acceptors (Lipinski definition) is 4. The number of benzene rings is 2. The fourth-order valence-electron chi connectivity index (χ4n) is 3.50. The summed E-state index contributed by atoms with van der Waals surface area (Å²) in [7, 11) is 0. The summed E-state index contributed by atoms with van der Waals surface area (Å²) in [5, 5.41) is 4.24. The van der Waals surface area contributed by atoms with Gasteiger partial charge in [-0.25, -0.2) is 0 Å². The Kier molecular flexibility index (Phi) is 5.23. The molecule has 2 heterocycles. The number of fused-ring (bicyclic) bond motifs is 1. The van der Waals surface area contributed by atoms with Gasteiger partial charge in [-0.05, 0) is 29.7 Å². The zero-order valence-corrected chi connectivity index (χ0v) is 16.0. The van der Waals surface area contributed by atoms with E-state index in [1.54, 1.807) is 0 Å². The van der Waals surface area contributed by atoms with Crippen molar-refractivity contribution in [3.8, 4) is 0 Å². The third kappa shape index (κ3) is 3.89. The number of amides is 1. The summed E-state index contributed by atoms with van der Waals surface area (Å²) < 4.78 is 1.13. The van der Waals surface area contributed by atoms with Crippen LogP contribution in [-0.4, -0.2) is 43.2 Å². The van der Waals surface area contributed by atoms with Crippen LogP contribution >= 0.6 is 11.3 Å². The van der Waals surface area contributed by atoms with Crippen molar-refractivity contribution in [2.75, 3.05) is 31.1 Å². The van der Waals surface area contributed by atoms with Gasteiger partial charge in [0.1, 0.15) is 6.17 Å². The van der Waals surface area contributed by atoms with Crippen molar-refractivity contribution in [3.05, 3.63) is 78.2 Å². The Morgan fingerprint density at radius 3 is 2.44 bits per heavy atom. The minimum Gasteiger partial charge on any atom is -0.369 e. The molecule has 138 valence electrons. The molecule has 0 spiro atoms. The molecule has 1 aliphatic rings. The monoisotopic (exact) mass is 377 g/mol. The number of piperazine rings is 1. The van der Waals surface area contributed by atoms with E-state index in [0.29, 0.717) is 0 Å². The highest BCUT2D eigenvalue weighted by Crippen LogP contribution is 2.25. The molecule has 1 amide bonds. The summed E-state index contributed by atoms with van der Waals surface area (Å²) >= 11 is 1.53. The third-order valence-corrected chi connectivity index (χ3v) is 6.10. The average Bonchev–Trinajstić information content (AvgIpc) is 3.17. The minimum atomic E-state index is -0.152. The molecule has 27 heavy (non-hydrogen) atoms. The highest BCUT2D eigenvalue weighted by molar-refractivity contribution is 7.20. The first-order chi connectivity index (χ1) is 13.2. The molecule has 4 rings (SSSR count). The van der Waals surface area contributed by atoms with Crippen LogP contribution in [-0.2, 0) is 0 Å². The normalized spacial score (nSPS) is 16.2. The average molecular weight is 378 g/mol. The van der Waals surface area contributed by atoms with Crippen molar-refractivity contribution in [1.29, 1.82) is 0 Å². The lowest BCUT2D eigenvalue weighted by molar-refractivity contribution is 0.0885. The first kappa shape index (κ1) is 17.8. The molecule has 5 heteroatoms. The predicted molar refractivity (Wildman–Crippen MR) is 114 cm³/mol. The van der Waals surface area contributed by atoms with E-state index in [9.17, 15) is 4.79 Å². The molecular weight excluding hydrogens is 354 g/mol. The van der Waals surface area contributed by atoms with Crippen LogP contribution in [0, 0.1) is 0 Å². The van der Waals surface area contributed by atoms with E-state index in [2.05, 4.69) is 46.0 Å². The fourth-order valence-corrected chi connectivity index (χ4v) is 4.46. The molecule has 3 aromatic rings. The SMILES string of the molecule is C=CC(NC(=O)c1cc2ccccc2s1)N1CCN(c2ccccc2)CC1. The number of rotatable bonds is 5. The molecule has 1 N–H and O–H groups in total. The molecule has 0 bridgehead atoms. The van der Waals surface area contributed by atoms with E-state index in [1.165, 1.54) is 17.0 Å². The number of nitrogens with one attached hydrogen (secondary N) is 1. The van der Waals surface area contributed by atoms with Gasteiger partial charge in [0.2, 0.25) is 0 Å². The highest BCUT2D eigenvalue weighted by atomic mass is 32.1. The highest BCUT2D eigenvalue weighted by Gasteiger charge is 2.24. The smallest absolute Gasteiger partial charge is 0.262 e. The van der Waals surface area contributed by atoms with Gasteiger partial charge >= 0.3 is 0 Å². The Hall–Kier alpha value is -2.63. The predicted octanol–water partition coefficient (Wildman–Crippen LogP) is 3.97. The topological polar surface area (TPSA) is 35.6 Å². The van der Waals surface area contributed by atoms with E-state index in [4.69, 9.17) is 0 Å². The van der Waals surface area contributed by atoms with Gasteiger partial charge in [-0.15, -0.1) is 11.3 Å². The molecular formula is C22H23N3OS. The number of para-hydroxylation sites is 1. The van der Waals surface area contributed by atoms with Crippen LogP contribution in [0.1, 0.15) is 9.67 Å².